The second-order valence-electron chi connectivity index (χ2n) is 5.29. The van der Waals surface area contributed by atoms with Gasteiger partial charge in [-0.15, -0.1) is 0 Å². The quantitative estimate of drug-likeness (QED) is 0.783. The minimum atomic E-state index is -0.495. The van der Waals surface area contributed by atoms with Gasteiger partial charge in [0.25, 0.3) is 0 Å². The Hall–Kier alpha value is -0.410. The molecule has 1 N–H and O–H groups in total. The third-order valence-corrected chi connectivity index (χ3v) is 3.66. The lowest BCUT2D eigenvalue weighted by Gasteiger charge is -2.31. The highest BCUT2D eigenvalue weighted by Crippen LogP contribution is 2.33. The highest BCUT2D eigenvalue weighted by Gasteiger charge is 2.31. The number of methoxy groups -OCH3 is 1. The van der Waals surface area contributed by atoms with Crippen LogP contribution in [0.25, 0.3) is 0 Å². The lowest BCUT2D eigenvalue weighted by molar-refractivity contribution is -0.127. The molecule has 16 heavy (non-hydrogen) atoms. The number of carbonyl (C=O) groups is 1. The standard InChI is InChI=1S/C13H24O3/c1-9(2)10-4-5-13(15)11(6-10)7-12(14)8-16-3/h9-12,14H,4-8H2,1-3H3. The highest BCUT2D eigenvalue weighted by atomic mass is 16.5. The first kappa shape index (κ1) is 13.7. The maximum absolute atomic E-state index is 11.8. The lowest BCUT2D eigenvalue weighted by Crippen LogP contribution is -2.31. The summed E-state index contributed by atoms with van der Waals surface area (Å²) in [6.07, 6.45) is 2.72. The number of ketones is 1. The van der Waals surface area contributed by atoms with E-state index >= 15 is 0 Å². The molecule has 1 rings (SSSR count). The van der Waals surface area contributed by atoms with Gasteiger partial charge in [-0.05, 0) is 31.1 Å². The Morgan fingerprint density at radius 3 is 2.75 bits per heavy atom. The summed E-state index contributed by atoms with van der Waals surface area (Å²) in [5, 5.41) is 9.67. The smallest absolute Gasteiger partial charge is 0.136 e. The van der Waals surface area contributed by atoms with E-state index in [1.54, 1.807) is 7.11 Å². The molecule has 3 nitrogen and oxygen atoms in total. The van der Waals surface area contributed by atoms with E-state index in [9.17, 15) is 9.90 Å². The predicted molar refractivity (Wildman–Crippen MR) is 63.2 cm³/mol. The monoisotopic (exact) mass is 228 g/mol. The first-order chi connectivity index (χ1) is 7.54. The minimum absolute atomic E-state index is 0.0475. The van der Waals surface area contributed by atoms with Crippen LogP contribution in [0.3, 0.4) is 0 Å². The van der Waals surface area contributed by atoms with Crippen molar-refractivity contribution in [3.8, 4) is 0 Å². The molecule has 0 aromatic heterocycles. The van der Waals surface area contributed by atoms with Crippen molar-refractivity contribution in [2.24, 2.45) is 17.8 Å². The van der Waals surface area contributed by atoms with Gasteiger partial charge in [-0.25, -0.2) is 0 Å². The van der Waals surface area contributed by atoms with Crippen molar-refractivity contribution in [3.63, 3.8) is 0 Å². The van der Waals surface area contributed by atoms with E-state index in [1.807, 2.05) is 0 Å². The third-order valence-electron chi connectivity index (χ3n) is 3.66. The molecule has 0 spiro atoms. The van der Waals surface area contributed by atoms with Crippen molar-refractivity contribution < 1.29 is 14.6 Å². The van der Waals surface area contributed by atoms with Gasteiger partial charge in [-0.2, -0.15) is 0 Å². The maximum Gasteiger partial charge on any atom is 0.136 e. The van der Waals surface area contributed by atoms with Gasteiger partial charge in [0.1, 0.15) is 5.78 Å². The summed E-state index contributed by atoms with van der Waals surface area (Å²) in [5.41, 5.74) is 0. The zero-order valence-electron chi connectivity index (χ0n) is 10.6. The summed E-state index contributed by atoms with van der Waals surface area (Å²) in [5.74, 6) is 1.64. The Balaban J connectivity index is 2.46. The van der Waals surface area contributed by atoms with Crippen LogP contribution in [0.4, 0.5) is 0 Å². The molecule has 3 heteroatoms. The maximum atomic E-state index is 11.8. The second-order valence-corrected chi connectivity index (χ2v) is 5.29. The molecule has 0 aromatic rings. The zero-order valence-corrected chi connectivity index (χ0v) is 10.6. The van der Waals surface area contributed by atoms with E-state index < -0.39 is 6.10 Å². The van der Waals surface area contributed by atoms with Crippen LogP contribution in [0.2, 0.25) is 0 Å². The molecule has 1 saturated carbocycles. The molecule has 1 aliphatic rings. The Morgan fingerprint density at radius 2 is 2.19 bits per heavy atom. The SMILES string of the molecule is COCC(O)CC1CC(C(C)C)CCC1=O. The van der Waals surface area contributed by atoms with Gasteiger partial charge in [0.15, 0.2) is 0 Å². The Kier molecular flexibility index (Phi) is 5.42. The van der Waals surface area contributed by atoms with Crippen molar-refractivity contribution in [1.82, 2.24) is 0 Å². The molecule has 0 saturated heterocycles. The van der Waals surface area contributed by atoms with Gasteiger partial charge in [0.05, 0.1) is 12.7 Å². The number of aliphatic hydroxyl groups is 1. The van der Waals surface area contributed by atoms with E-state index in [4.69, 9.17) is 4.74 Å². The van der Waals surface area contributed by atoms with E-state index in [2.05, 4.69) is 13.8 Å². The average molecular weight is 228 g/mol. The molecule has 0 heterocycles. The predicted octanol–water partition coefficient (Wildman–Crippen LogP) is 2.03. The number of rotatable bonds is 5. The van der Waals surface area contributed by atoms with Crippen molar-refractivity contribution in [1.29, 1.82) is 0 Å². The topological polar surface area (TPSA) is 46.5 Å². The fraction of sp³-hybridized carbons (Fsp3) is 0.923. The molecule has 3 unspecified atom stereocenters. The van der Waals surface area contributed by atoms with Gasteiger partial charge in [-0.1, -0.05) is 13.8 Å². The van der Waals surface area contributed by atoms with Crippen LogP contribution < -0.4 is 0 Å². The molecule has 0 radical (unpaired) electrons. The summed E-state index contributed by atoms with van der Waals surface area (Å²) in [7, 11) is 1.57. The molecule has 94 valence electrons. The van der Waals surface area contributed by atoms with E-state index in [0.29, 0.717) is 37.1 Å². The van der Waals surface area contributed by atoms with Crippen LogP contribution in [0.15, 0.2) is 0 Å². The Labute approximate surface area is 98.2 Å². The van der Waals surface area contributed by atoms with Crippen LogP contribution in [0.5, 0.6) is 0 Å². The molecule has 0 amide bonds. The van der Waals surface area contributed by atoms with Gasteiger partial charge < -0.3 is 9.84 Å². The molecular weight excluding hydrogens is 204 g/mol. The molecule has 1 fully saturated rings. The third kappa shape index (κ3) is 3.87. The van der Waals surface area contributed by atoms with Crippen LogP contribution in [-0.2, 0) is 9.53 Å². The van der Waals surface area contributed by atoms with Crippen molar-refractivity contribution in [2.45, 2.75) is 45.6 Å². The summed E-state index contributed by atoms with van der Waals surface area (Å²) in [4.78, 5) is 11.8. The fourth-order valence-corrected chi connectivity index (χ4v) is 2.57. The van der Waals surface area contributed by atoms with Gasteiger partial charge >= 0.3 is 0 Å². The molecule has 0 bridgehead atoms. The normalized spacial score (nSPS) is 28.4. The second kappa shape index (κ2) is 6.36. The van der Waals surface area contributed by atoms with Crippen LogP contribution in [0.1, 0.15) is 39.5 Å². The van der Waals surface area contributed by atoms with Crippen molar-refractivity contribution in [2.75, 3.05) is 13.7 Å². The van der Waals surface area contributed by atoms with Gasteiger partial charge in [0.2, 0.25) is 0 Å². The number of ether oxygens (including phenoxy) is 1. The molecule has 0 aromatic carbocycles. The largest absolute Gasteiger partial charge is 0.391 e. The molecular formula is C13H24O3. The number of aliphatic hydroxyl groups excluding tert-OH is 1. The number of hydrogen-bond acceptors (Lipinski definition) is 3. The lowest BCUT2D eigenvalue weighted by atomic mass is 9.74. The molecule has 1 aliphatic carbocycles. The van der Waals surface area contributed by atoms with Crippen LogP contribution in [0, 0.1) is 17.8 Å². The van der Waals surface area contributed by atoms with Crippen molar-refractivity contribution >= 4 is 5.78 Å². The van der Waals surface area contributed by atoms with Crippen LogP contribution in [-0.4, -0.2) is 30.7 Å². The first-order valence-electron chi connectivity index (χ1n) is 6.24. The summed E-state index contributed by atoms with van der Waals surface area (Å²) in [6.45, 7) is 4.75. The number of carbonyl (C=O) groups excluding carboxylic acids is 1. The van der Waals surface area contributed by atoms with E-state index in [1.165, 1.54) is 0 Å². The van der Waals surface area contributed by atoms with Gasteiger partial charge in [-0.3, -0.25) is 4.79 Å². The summed E-state index contributed by atoms with van der Waals surface area (Å²) < 4.78 is 4.89. The Bertz CT molecular complexity index is 225. The van der Waals surface area contributed by atoms with Gasteiger partial charge in [0, 0.05) is 19.4 Å². The fourth-order valence-electron chi connectivity index (χ4n) is 2.57. The molecule has 0 aliphatic heterocycles. The first-order valence-corrected chi connectivity index (χ1v) is 6.24. The van der Waals surface area contributed by atoms with E-state index in [-0.39, 0.29) is 5.92 Å². The van der Waals surface area contributed by atoms with E-state index in [0.717, 1.165) is 12.8 Å². The molecule has 3 atom stereocenters. The summed E-state index contributed by atoms with van der Waals surface area (Å²) >= 11 is 0. The highest BCUT2D eigenvalue weighted by molar-refractivity contribution is 5.81. The van der Waals surface area contributed by atoms with Crippen molar-refractivity contribution in [3.05, 3.63) is 0 Å². The zero-order chi connectivity index (χ0) is 12.1. The summed E-state index contributed by atoms with van der Waals surface area (Å²) in [6, 6.07) is 0. The van der Waals surface area contributed by atoms with Crippen LogP contribution >= 0.6 is 0 Å². The number of Topliss-reactive ketones (excluding diaryl/α,β-unsaturated/α-hetero) is 1. The Morgan fingerprint density at radius 1 is 1.50 bits per heavy atom. The number of hydrogen-bond donors (Lipinski definition) is 1. The average Bonchev–Trinajstić information content (AvgIpc) is 2.21. The minimum Gasteiger partial charge on any atom is -0.391 e.